The third-order valence-corrected chi connectivity index (χ3v) is 7.11. The second kappa shape index (κ2) is 11.7. The van der Waals surface area contributed by atoms with Crippen LogP contribution in [0.15, 0.2) is 66.2 Å². The average molecular weight is 474 g/mol. The van der Waals surface area contributed by atoms with Crippen LogP contribution >= 0.6 is 11.3 Å². The van der Waals surface area contributed by atoms with Crippen molar-refractivity contribution in [2.24, 2.45) is 0 Å². The van der Waals surface area contributed by atoms with Crippen molar-refractivity contribution < 1.29 is 9.59 Å². The molecule has 1 amide bonds. The molecule has 0 aliphatic heterocycles. The largest absolute Gasteiger partial charge is 0.346 e. The number of aromatic nitrogens is 2. The Bertz CT molecular complexity index is 1230. The van der Waals surface area contributed by atoms with E-state index in [-0.39, 0.29) is 11.9 Å². The van der Waals surface area contributed by atoms with E-state index < -0.39 is 0 Å². The number of amides is 1. The summed E-state index contributed by atoms with van der Waals surface area (Å²) in [5.41, 5.74) is 3.06. The number of nitrogens with zero attached hydrogens (tertiary/aromatic N) is 1. The first kappa shape index (κ1) is 23.9. The van der Waals surface area contributed by atoms with E-state index in [9.17, 15) is 9.59 Å². The molecule has 0 saturated carbocycles. The van der Waals surface area contributed by atoms with E-state index in [1.54, 1.807) is 11.3 Å². The molecule has 34 heavy (non-hydrogen) atoms. The van der Waals surface area contributed by atoms with Crippen LogP contribution in [0.3, 0.4) is 0 Å². The molecule has 2 N–H and O–H groups in total. The molecule has 2 aromatic carbocycles. The minimum atomic E-state index is -0.197. The molecule has 176 valence electrons. The maximum absolute atomic E-state index is 13.0. The molecule has 2 heterocycles. The van der Waals surface area contributed by atoms with Crippen LogP contribution in [-0.4, -0.2) is 21.7 Å². The van der Waals surface area contributed by atoms with Crippen molar-refractivity contribution in [1.82, 2.24) is 15.3 Å². The van der Waals surface area contributed by atoms with Gasteiger partial charge in [0.05, 0.1) is 24.4 Å². The number of nitrogens with one attached hydrogen (secondary N) is 2. The Labute approximate surface area is 204 Å². The number of aromatic amines is 1. The standard InChI is InChI=1S/C28H31N3O2S/c1-2-22(32)13-7-4-8-15-24(28-29-18-25(31-28)20-11-5-3-6-12-20)30-27(33)17-21-19-34-26-16-10-9-14-23(21)26/h3,5-6,9-12,14,16,18-19,24H,2,4,7-8,13,15,17H2,1H3,(H,29,31)(H,30,33). The Kier molecular flexibility index (Phi) is 8.26. The lowest BCUT2D eigenvalue weighted by atomic mass is 10.0. The zero-order valence-corrected chi connectivity index (χ0v) is 20.4. The number of carbonyl (C=O) groups is 2. The number of unbranched alkanes of at least 4 members (excludes halogenated alkanes) is 2. The summed E-state index contributed by atoms with van der Waals surface area (Å²) >= 11 is 1.67. The van der Waals surface area contributed by atoms with Crippen LogP contribution in [0.5, 0.6) is 0 Å². The van der Waals surface area contributed by atoms with Crippen LogP contribution < -0.4 is 5.32 Å². The van der Waals surface area contributed by atoms with Crippen molar-refractivity contribution >= 4 is 33.1 Å². The number of imidazole rings is 1. The topological polar surface area (TPSA) is 74.8 Å². The third-order valence-electron chi connectivity index (χ3n) is 6.10. The van der Waals surface area contributed by atoms with Gasteiger partial charge in [0.1, 0.15) is 11.6 Å². The SMILES string of the molecule is CCC(=O)CCCCCC(NC(=O)Cc1csc2ccccc12)c1ncc(-c2ccccc2)[nH]1. The number of fused-ring (bicyclic) bond motifs is 1. The minimum Gasteiger partial charge on any atom is -0.346 e. The molecular formula is C28H31N3O2S. The number of benzene rings is 2. The highest BCUT2D eigenvalue weighted by Gasteiger charge is 2.19. The molecule has 0 bridgehead atoms. The number of H-pyrrole nitrogens is 1. The van der Waals surface area contributed by atoms with Crippen LogP contribution in [0.2, 0.25) is 0 Å². The second-order valence-corrected chi connectivity index (χ2v) is 9.50. The number of ketones is 1. The van der Waals surface area contributed by atoms with Gasteiger partial charge in [-0.15, -0.1) is 11.3 Å². The van der Waals surface area contributed by atoms with Crippen molar-refractivity contribution in [3.8, 4) is 11.3 Å². The highest BCUT2D eigenvalue weighted by molar-refractivity contribution is 7.17. The normalized spacial score (nSPS) is 12.0. The van der Waals surface area contributed by atoms with Crippen molar-refractivity contribution in [1.29, 1.82) is 0 Å². The Morgan fingerprint density at radius 3 is 2.65 bits per heavy atom. The van der Waals surface area contributed by atoms with Crippen molar-refractivity contribution in [2.45, 2.75) is 57.9 Å². The molecule has 0 saturated heterocycles. The summed E-state index contributed by atoms with van der Waals surface area (Å²) in [5.74, 6) is 1.07. The first-order valence-electron chi connectivity index (χ1n) is 12.0. The summed E-state index contributed by atoms with van der Waals surface area (Å²) in [5, 5.41) is 6.43. The van der Waals surface area contributed by atoms with E-state index in [1.807, 2.05) is 55.6 Å². The summed E-state index contributed by atoms with van der Waals surface area (Å²) in [6, 6.07) is 18.1. The average Bonchev–Trinajstić information content (AvgIpc) is 3.51. The fourth-order valence-corrected chi connectivity index (χ4v) is 5.13. The summed E-state index contributed by atoms with van der Waals surface area (Å²) in [6.07, 6.45) is 6.96. The minimum absolute atomic E-state index is 0.00706. The lowest BCUT2D eigenvalue weighted by Gasteiger charge is -2.17. The Hall–Kier alpha value is -3.25. The molecule has 1 atom stereocenters. The molecule has 4 rings (SSSR count). The predicted octanol–water partition coefficient (Wildman–Crippen LogP) is 6.62. The zero-order valence-electron chi connectivity index (χ0n) is 19.5. The van der Waals surface area contributed by atoms with Gasteiger partial charge in [0.25, 0.3) is 0 Å². The summed E-state index contributed by atoms with van der Waals surface area (Å²) in [6.45, 7) is 1.91. The summed E-state index contributed by atoms with van der Waals surface area (Å²) in [7, 11) is 0. The number of hydrogen-bond acceptors (Lipinski definition) is 4. The molecule has 0 aliphatic carbocycles. The fourth-order valence-electron chi connectivity index (χ4n) is 4.17. The maximum atomic E-state index is 13.0. The Morgan fingerprint density at radius 1 is 1.03 bits per heavy atom. The van der Waals surface area contributed by atoms with E-state index in [2.05, 4.69) is 32.8 Å². The monoisotopic (exact) mass is 473 g/mol. The van der Waals surface area contributed by atoms with Crippen LogP contribution in [-0.2, 0) is 16.0 Å². The van der Waals surface area contributed by atoms with Gasteiger partial charge in [-0.2, -0.15) is 0 Å². The first-order chi connectivity index (χ1) is 16.6. The van der Waals surface area contributed by atoms with E-state index in [0.29, 0.717) is 25.0 Å². The number of rotatable bonds is 12. The molecule has 6 heteroatoms. The van der Waals surface area contributed by atoms with Gasteiger partial charge in [-0.25, -0.2) is 4.98 Å². The second-order valence-electron chi connectivity index (χ2n) is 8.59. The van der Waals surface area contributed by atoms with E-state index in [1.165, 1.54) is 4.70 Å². The smallest absolute Gasteiger partial charge is 0.225 e. The third kappa shape index (κ3) is 6.20. The number of carbonyl (C=O) groups excluding carboxylic acids is 2. The molecule has 0 fully saturated rings. The van der Waals surface area contributed by atoms with E-state index in [4.69, 9.17) is 0 Å². The van der Waals surface area contributed by atoms with Gasteiger partial charge in [-0.05, 0) is 40.8 Å². The molecule has 1 unspecified atom stereocenters. The maximum Gasteiger partial charge on any atom is 0.225 e. The fraction of sp³-hybridized carbons (Fsp3) is 0.321. The number of thiophene rings is 1. The molecule has 0 radical (unpaired) electrons. The van der Waals surface area contributed by atoms with Crippen LogP contribution in [0.1, 0.15) is 62.9 Å². The number of Topliss-reactive ketones (excluding diaryl/α,β-unsaturated/α-hetero) is 1. The molecule has 4 aromatic rings. The van der Waals surface area contributed by atoms with Gasteiger partial charge in [0, 0.05) is 17.5 Å². The van der Waals surface area contributed by atoms with Gasteiger partial charge in [-0.1, -0.05) is 68.3 Å². The molecule has 0 spiro atoms. The summed E-state index contributed by atoms with van der Waals surface area (Å²) in [4.78, 5) is 32.7. The van der Waals surface area contributed by atoms with Gasteiger partial charge >= 0.3 is 0 Å². The van der Waals surface area contributed by atoms with E-state index in [0.717, 1.165) is 53.7 Å². The van der Waals surface area contributed by atoms with Crippen molar-refractivity contribution in [3.05, 3.63) is 77.6 Å². The van der Waals surface area contributed by atoms with Crippen LogP contribution in [0.25, 0.3) is 21.3 Å². The Morgan fingerprint density at radius 2 is 1.82 bits per heavy atom. The van der Waals surface area contributed by atoms with E-state index >= 15 is 0 Å². The number of hydrogen-bond donors (Lipinski definition) is 2. The van der Waals surface area contributed by atoms with Gasteiger partial charge in [-0.3, -0.25) is 9.59 Å². The van der Waals surface area contributed by atoms with Gasteiger partial charge in [0.2, 0.25) is 5.91 Å². The summed E-state index contributed by atoms with van der Waals surface area (Å²) < 4.78 is 1.20. The molecule has 2 aromatic heterocycles. The molecule has 0 aliphatic rings. The quantitative estimate of drug-likeness (QED) is 0.227. The predicted molar refractivity (Wildman–Crippen MR) is 139 cm³/mol. The van der Waals surface area contributed by atoms with Gasteiger partial charge < -0.3 is 10.3 Å². The first-order valence-corrected chi connectivity index (χ1v) is 12.9. The highest BCUT2D eigenvalue weighted by atomic mass is 32.1. The Balaban J connectivity index is 1.44. The van der Waals surface area contributed by atoms with Crippen LogP contribution in [0, 0.1) is 0 Å². The lowest BCUT2D eigenvalue weighted by molar-refractivity contribution is -0.121. The zero-order chi connectivity index (χ0) is 23.8. The van der Waals surface area contributed by atoms with Gasteiger partial charge in [0.15, 0.2) is 0 Å². The van der Waals surface area contributed by atoms with Crippen molar-refractivity contribution in [2.75, 3.05) is 0 Å². The van der Waals surface area contributed by atoms with Crippen LogP contribution in [0.4, 0.5) is 0 Å². The molecule has 5 nitrogen and oxygen atoms in total. The lowest BCUT2D eigenvalue weighted by Crippen LogP contribution is -2.30. The molecular weight excluding hydrogens is 442 g/mol. The van der Waals surface area contributed by atoms with Crippen molar-refractivity contribution in [3.63, 3.8) is 0 Å². The highest BCUT2D eigenvalue weighted by Crippen LogP contribution is 2.27.